The van der Waals surface area contributed by atoms with Crippen LogP contribution < -0.4 is 11.3 Å². The summed E-state index contributed by atoms with van der Waals surface area (Å²) >= 11 is 0. The Bertz CT molecular complexity index is 205. The van der Waals surface area contributed by atoms with Crippen molar-refractivity contribution in [1.82, 2.24) is 5.43 Å². The molecule has 0 saturated carbocycles. The molecule has 3 nitrogen and oxygen atoms in total. The predicted molar refractivity (Wildman–Crippen MR) is 58.1 cm³/mol. The molecule has 0 aliphatic heterocycles. The van der Waals surface area contributed by atoms with Crippen LogP contribution in [0, 0.1) is 0 Å². The van der Waals surface area contributed by atoms with Crippen molar-refractivity contribution in [3.63, 3.8) is 0 Å². The molecule has 0 heterocycles. The minimum atomic E-state index is -0.156. The minimum absolute atomic E-state index is 0. The van der Waals surface area contributed by atoms with Gasteiger partial charge in [0.05, 0.1) is 12.6 Å². The molecule has 1 atom stereocenters. The van der Waals surface area contributed by atoms with Gasteiger partial charge in [-0.05, 0) is 5.56 Å². The second-order valence-electron chi connectivity index (χ2n) is 2.31. The molecule has 4 N–H and O–H groups in total. The number of nitrogens with two attached hydrogens (primary N) is 1. The van der Waals surface area contributed by atoms with Gasteiger partial charge in [0.25, 0.3) is 0 Å². The molecule has 1 aromatic carbocycles. The summed E-state index contributed by atoms with van der Waals surface area (Å²) in [5.41, 5.74) is 3.52. The van der Waals surface area contributed by atoms with Crippen molar-refractivity contribution in [1.29, 1.82) is 0 Å². The quantitative estimate of drug-likeness (QED) is 0.531. The van der Waals surface area contributed by atoms with E-state index in [2.05, 4.69) is 5.43 Å². The van der Waals surface area contributed by atoms with Crippen LogP contribution in [0.1, 0.15) is 11.6 Å². The topological polar surface area (TPSA) is 58.3 Å². The molecule has 0 bridgehead atoms. The number of halogens is 2. The number of benzene rings is 1. The Balaban J connectivity index is 0. The molecule has 0 aliphatic rings. The molecule has 1 unspecified atom stereocenters. The summed E-state index contributed by atoms with van der Waals surface area (Å²) in [6.07, 6.45) is 0. The van der Waals surface area contributed by atoms with Crippen molar-refractivity contribution >= 4 is 24.8 Å². The first-order valence-corrected chi connectivity index (χ1v) is 3.50. The molecule has 0 amide bonds. The van der Waals surface area contributed by atoms with Gasteiger partial charge in [-0.15, -0.1) is 24.8 Å². The van der Waals surface area contributed by atoms with Crippen LogP contribution in [0.15, 0.2) is 30.3 Å². The van der Waals surface area contributed by atoms with E-state index in [1.807, 2.05) is 30.3 Å². The highest BCUT2D eigenvalue weighted by Gasteiger charge is 2.05. The fourth-order valence-corrected chi connectivity index (χ4v) is 0.940. The molecular formula is C8H14Cl2N2O. The Morgan fingerprint density at radius 3 is 2.15 bits per heavy atom. The Kier molecular flexibility index (Phi) is 9.67. The van der Waals surface area contributed by atoms with E-state index in [-0.39, 0.29) is 37.5 Å². The molecular weight excluding hydrogens is 211 g/mol. The van der Waals surface area contributed by atoms with E-state index < -0.39 is 0 Å². The lowest BCUT2D eigenvalue weighted by Gasteiger charge is -2.11. The first-order valence-electron chi connectivity index (χ1n) is 3.50. The Labute approximate surface area is 90.1 Å². The second kappa shape index (κ2) is 8.29. The van der Waals surface area contributed by atoms with Gasteiger partial charge in [-0.2, -0.15) is 0 Å². The number of nitrogens with one attached hydrogen (secondary N) is 1. The van der Waals surface area contributed by atoms with Crippen molar-refractivity contribution in [3.05, 3.63) is 35.9 Å². The highest BCUT2D eigenvalue weighted by atomic mass is 35.5. The van der Waals surface area contributed by atoms with Gasteiger partial charge in [0, 0.05) is 0 Å². The summed E-state index contributed by atoms with van der Waals surface area (Å²) in [6, 6.07) is 9.43. The van der Waals surface area contributed by atoms with Crippen molar-refractivity contribution < 1.29 is 5.11 Å². The van der Waals surface area contributed by atoms with Crippen LogP contribution in [0.5, 0.6) is 0 Å². The molecule has 0 spiro atoms. The average molecular weight is 225 g/mol. The molecule has 5 heteroatoms. The first kappa shape index (κ1) is 15.2. The number of rotatable bonds is 3. The third-order valence-corrected chi connectivity index (χ3v) is 1.59. The van der Waals surface area contributed by atoms with E-state index in [9.17, 15) is 0 Å². The van der Waals surface area contributed by atoms with E-state index in [4.69, 9.17) is 10.9 Å². The van der Waals surface area contributed by atoms with Gasteiger partial charge in [0.2, 0.25) is 0 Å². The van der Waals surface area contributed by atoms with Crippen molar-refractivity contribution in [3.8, 4) is 0 Å². The van der Waals surface area contributed by atoms with Gasteiger partial charge >= 0.3 is 0 Å². The van der Waals surface area contributed by atoms with Crippen LogP contribution >= 0.6 is 24.8 Å². The van der Waals surface area contributed by atoms with Crippen molar-refractivity contribution in [2.45, 2.75) is 6.04 Å². The summed E-state index contributed by atoms with van der Waals surface area (Å²) < 4.78 is 0. The molecule has 0 aromatic heterocycles. The highest BCUT2D eigenvalue weighted by Crippen LogP contribution is 2.09. The van der Waals surface area contributed by atoms with E-state index >= 15 is 0 Å². The van der Waals surface area contributed by atoms with E-state index in [1.54, 1.807) is 0 Å². The largest absolute Gasteiger partial charge is 0.394 e. The third-order valence-electron chi connectivity index (χ3n) is 1.59. The molecule has 76 valence electrons. The molecule has 1 rings (SSSR count). The predicted octanol–water partition coefficient (Wildman–Crippen LogP) is 1.03. The van der Waals surface area contributed by atoms with Crippen LogP contribution in [-0.4, -0.2) is 11.7 Å². The van der Waals surface area contributed by atoms with Gasteiger partial charge in [0.1, 0.15) is 0 Å². The normalized spacial score (nSPS) is 10.9. The minimum Gasteiger partial charge on any atom is -0.394 e. The van der Waals surface area contributed by atoms with E-state index in [0.717, 1.165) is 5.56 Å². The lowest BCUT2D eigenvalue weighted by atomic mass is 10.1. The maximum Gasteiger partial charge on any atom is 0.0691 e. The summed E-state index contributed by atoms with van der Waals surface area (Å²) in [6.45, 7) is 0.0144. The Hall–Kier alpha value is -0.320. The zero-order chi connectivity index (χ0) is 8.10. The molecule has 0 aliphatic carbocycles. The van der Waals surface area contributed by atoms with Crippen molar-refractivity contribution in [2.75, 3.05) is 6.61 Å². The molecule has 0 radical (unpaired) electrons. The summed E-state index contributed by atoms with van der Waals surface area (Å²) in [5.74, 6) is 5.21. The van der Waals surface area contributed by atoms with Gasteiger partial charge in [-0.3, -0.25) is 11.3 Å². The summed E-state index contributed by atoms with van der Waals surface area (Å²) in [5, 5.41) is 8.84. The number of aliphatic hydroxyl groups is 1. The average Bonchev–Trinajstić information content (AvgIpc) is 2.09. The second-order valence-corrected chi connectivity index (χ2v) is 2.31. The van der Waals surface area contributed by atoms with Crippen LogP contribution in [0.3, 0.4) is 0 Å². The third kappa shape index (κ3) is 4.45. The van der Waals surface area contributed by atoms with Crippen molar-refractivity contribution in [2.24, 2.45) is 5.84 Å². The van der Waals surface area contributed by atoms with Gasteiger partial charge in [-0.25, -0.2) is 0 Å². The van der Waals surface area contributed by atoms with Crippen LogP contribution in [0.25, 0.3) is 0 Å². The first-order chi connectivity index (χ1) is 5.38. The fourth-order valence-electron chi connectivity index (χ4n) is 0.940. The standard InChI is InChI=1S/C8H12N2O.2ClH/c9-10-8(6-11)7-4-2-1-3-5-7;;/h1-5,8,10-11H,6,9H2;2*1H. The monoisotopic (exact) mass is 224 g/mol. The number of aliphatic hydroxyl groups excluding tert-OH is 1. The van der Waals surface area contributed by atoms with Crippen LogP contribution in [-0.2, 0) is 0 Å². The fraction of sp³-hybridized carbons (Fsp3) is 0.250. The smallest absolute Gasteiger partial charge is 0.0691 e. The Morgan fingerprint density at radius 2 is 1.77 bits per heavy atom. The SMILES string of the molecule is Cl.Cl.NNC(CO)c1ccccc1. The lowest BCUT2D eigenvalue weighted by Crippen LogP contribution is -2.30. The van der Waals surface area contributed by atoms with Gasteiger partial charge in [-0.1, -0.05) is 30.3 Å². The van der Waals surface area contributed by atoms with Crippen LogP contribution in [0.4, 0.5) is 0 Å². The molecule has 1 aromatic rings. The van der Waals surface area contributed by atoms with Crippen LogP contribution in [0.2, 0.25) is 0 Å². The number of hydrogen-bond donors (Lipinski definition) is 3. The Morgan fingerprint density at radius 1 is 1.23 bits per heavy atom. The van der Waals surface area contributed by atoms with E-state index in [0.29, 0.717) is 0 Å². The zero-order valence-corrected chi connectivity index (χ0v) is 8.65. The molecule has 13 heavy (non-hydrogen) atoms. The van der Waals surface area contributed by atoms with E-state index in [1.165, 1.54) is 0 Å². The molecule has 0 fully saturated rings. The maximum atomic E-state index is 8.84. The molecule has 0 saturated heterocycles. The number of hydrogen-bond acceptors (Lipinski definition) is 3. The van der Waals surface area contributed by atoms with Gasteiger partial charge < -0.3 is 5.11 Å². The maximum absolute atomic E-state index is 8.84. The number of hydrazine groups is 1. The summed E-state index contributed by atoms with van der Waals surface area (Å²) in [4.78, 5) is 0. The van der Waals surface area contributed by atoms with Gasteiger partial charge in [0.15, 0.2) is 0 Å². The summed E-state index contributed by atoms with van der Waals surface area (Å²) in [7, 11) is 0. The lowest BCUT2D eigenvalue weighted by molar-refractivity contribution is 0.246. The highest BCUT2D eigenvalue weighted by molar-refractivity contribution is 5.85. The zero-order valence-electron chi connectivity index (χ0n) is 7.01.